The SMILES string of the molecule is CCNC(c1cncnc1)C(OC)C(C)C. The molecule has 0 spiro atoms. The van der Waals surface area contributed by atoms with Crippen LogP contribution >= 0.6 is 0 Å². The van der Waals surface area contributed by atoms with E-state index >= 15 is 0 Å². The van der Waals surface area contributed by atoms with Gasteiger partial charge < -0.3 is 10.1 Å². The van der Waals surface area contributed by atoms with E-state index in [1.54, 1.807) is 13.4 Å². The predicted octanol–water partition coefficient (Wildman–Crippen LogP) is 1.80. The van der Waals surface area contributed by atoms with Gasteiger partial charge in [0.2, 0.25) is 0 Å². The Bertz CT molecular complexity index is 290. The molecule has 0 amide bonds. The van der Waals surface area contributed by atoms with E-state index in [0.29, 0.717) is 5.92 Å². The normalized spacial score (nSPS) is 15.1. The fourth-order valence-corrected chi connectivity index (χ4v) is 1.91. The summed E-state index contributed by atoms with van der Waals surface area (Å²) in [6, 6.07) is 0.149. The highest BCUT2D eigenvalue weighted by molar-refractivity contribution is 5.11. The van der Waals surface area contributed by atoms with Crippen molar-refractivity contribution in [1.82, 2.24) is 15.3 Å². The second-order valence-corrected chi connectivity index (χ2v) is 4.15. The van der Waals surface area contributed by atoms with Crippen LogP contribution < -0.4 is 5.32 Å². The maximum absolute atomic E-state index is 5.56. The average molecular weight is 223 g/mol. The lowest BCUT2D eigenvalue weighted by molar-refractivity contribution is 0.0329. The molecule has 2 atom stereocenters. The minimum atomic E-state index is 0.131. The van der Waals surface area contributed by atoms with Gasteiger partial charge in [-0.15, -0.1) is 0 Å². The average Bonchev–Trinajstić information content (AvgIpc) is 2.29. The van der Waals surface area contributed by atoms with Crippen molar-refractivity contribution in [1.29, 1.82) is 0 Å². The molecule has 1 aromatic heterocycles. The third kappa shape index (κ3) is 3.25. The molecule has 16 heavy (non-hydrogen) atoms. The minimum absolute atomic E-state index is 0.131. The molecule has 0 aliphatic heterocycles. The van der Waals surface area contributed by atoms with E-state index in [4.69, 9.17) is 4.74 Å². The van der Waals surface area contributed by atoms with Gasteiger partial charge in [0.25, 0.3) is 0 Å². The van der Waals surface area contributed by atoms with Gasteiger partial charge in [-0.2, -0.15) is 0 Å². The van der Waals surface area contributed by atoms with Gasteiger partial charge >= 0.3 is 0 Å². The summed E-state index contributed by atoms with van der Waals surface area (Å²) < 4.78 is 5.56. The molecular formula is C12H21N3O. The lowest BCUT2D eigenvalue weighted by Gasteiger charge is -2.29. The number of nitrogens with zero attached hydrogens (tertiary/aromatic N) is 2. The van der Waals surface area contributed by atoms with E-state index < -0.39 is 0 Å². The van der Waals surface area contributed by atoms with E-state index in [1.807, 2.05) is 12.4 Å². The number of hydrogen-bond donors (Lipinski definition) is 1. The topological polar surface area (TPSA) is 47.0 Å². The van der Waals surface area contributed by atoms with Crippen molar-refractivity contribution in [2.75, 3.05) is 13.7 Å². The minimum Gasteiger partial charge on any atom is -0.379 e. The van der Waals surface area contributed by atoms with Crippen LogP contribution in [0.4, 0.5) is 0 Å². The number of aromatic nitrogens is 2. The number of nitrogens with one attached hydrogen (secondary N) is 1. The standard InChI is InChI=1S/C12H21N3O/c1-5-15-11(12(16-4)9(2)3)10-6-13-8-14-7-10/h6-9,11-12,15H,5H2,1-4H3. The first-order valence-electron chi connectivity index (χ1n) is 5.71. The van der Waals surface area contributed by atoms with Gasteiger partial charge in [-0.25, -0.2) is 9.97 Å². The van der Waals surface area contributed by atoms with Crippen LogP contribution in [0.25, 0.3) is 0 Å². The Morgan fingerprint density at radius 2 is 1.94 bits per heavy atom. The Labute approximate surface area is 97.5 Å². The van der Waals surface area contributed by atoms with E-state index in [-0.39, 0.29) is 12.1 Å². The van der Waals surface area contributed by atoms with Crippen molar-refractivity contribution < 1.29 is 4.74 Å². The largest absolute Gasteiger partial charge is 0.379 e. The molecule has 0 aliphatic rings. The van der Waals surface area contributed by atoms with Crippen molar-refractivity contribution in [2.45, 2.75) is 32.9 Å². The van der Waals surface area contributed by atoms with Gasteiger partial charge in [0, 0.05) is 25.1 Å². The summed E-state index contributed by atoms with van der Waals surface area (Å²) in [7, 11) is 1.75. The lowest BCUT2D eigenvalue weighted by atomic mass is 9.95. The van der Waals surface area contributed by atoms with E-state index in [1.165, 1.54) is 0 Å². The summed E-state index contributed by atoms with van der Waals surface area (Å²) >= 11 is 0. The van der Waals surface area contributed by atoms with Gasteiger partial charge in [-0.05, 0) is 12.5 Å². The highest BCUT2D eigenvalue weighted by Gasteiger charge is 2.25. The molecule has 0 fully saturated rings. The highest BCUT2D eigenvalue weighted by Crippen LogP contribution is 2.23. The number of methoxy groups -OCH3 is 1. The molecule has 1 N–H and O–H groups in total. The van der Waals surface area contributed by atoms with Crippen LogP contribution in [-0.2, 0) is 4.74 Å². The predicted molar refractivity (Wildman–Crippen MR) is 64.1 cm³/mol. The summed E-state index contributed by atoms with van der Waals surface area (Å²) in [5.74, 6) is 0.439. The molecule has 4 nitrogen and oxygen atoms in total. The molecule has 0 radical (unpaired) electrons. The smallest absolute Gasteiger partial charge is 0.115 e. The highest BCUT2D eigenvalue weighted by atomic mass is 16.5. The number of likely N-dealkylation sites (N-methyl/N-ethyl adjacent to an activating group) is 1. The summed E-state index contributed by atoms with van der Waals surface area (Å²) in [4.78, 5) is 8.11. The molecule has 2 unspecified atom stereocenters. The fraction of sp³-hybridized carbons (Fsp3) is 0.667. The fourth-order valence-electron chi connectivity index (χ4n) is 1.91. The third-order valence-corrected chi connectivity index (χ3v) is 2.62. The van der Waals surface area contributed by atoms with Crippen molar-refractivity contribution in [3.05, 3.63) is 24.3 Å². The number of ether oxygens (including phenoxy) is 1. The Kier molecular flexibility index (Phi) is 5.35. The third-order valence-electron chi connectivity index (χ3n) is 2.62. The zero-order chi connectivity index (χ0) is 12.0. The Hall–Kier alpha value is -1.00. The van der Waals surface area contributed by atoms with Gasteiger partial charge in [0.05, 0.1) is 12.1 Å². The second-order valence-electron chi connectivity index (χ2n) is 4.15. The zero-order valence-corrected chi connectivity index (χ0v) is 10.5. The number of rotatable bonds is 6. The molecule has 4 heteroatoms. The molecule has 0 aromatic carbocycles. The molecule has 1 rings (SSSR count). The van der Waals surface area contributed by atoms with Crippen LogP contribution in [0, 0.1) is 5.92 Å². The van der Waals surface area contributed by atoms with E-state index in [0.717, 1.165) is 12.1 Å². The Morgan fingerprint density at radius 3 is 2.38 bits per heavy atom. The van der Waals surface area contributed by atoms with Crippen LogP contribution in [0.15, 0.2) is 18.7 Å². The van der Waals surface area contributed by atoms with Gasteiger partial charge in [-0.3, -0.25) is 0 Å². The maximum Gasteiger partial charge on any atom is 0.115 e. The summed E-state index contributed by atoms with van der Waals surface area (Å²) in [5, 5.41) is 3.43. The first-order chi connectivity index (χ1) is 7.70. The molecule has 0 bridgehead atoms. The quantitative estimate of drug-likeness (QED) is 0.799. The summed E-state index contributed by atoms with van der Waals surface area (Å²) in [6.45, 7) is 7.29. The summed E-state index contributed by atoms with van der Waals surface area (Å²) in [5.41, 5.74) is 1.07. The van der Waals surface area contributed by atoms with Crippen molar-refractivity contribution in [2.24, 2.45) is 5.92 Å². The molecule has 0 aliphatic carbocycles. The van der Waals surface area contributed by atoms with Gasteiger partial charge in [0.15, 0.2) is 0 Å². The van der Waals surface area contributed by atoms with Crippen molar-refractivity contribution in [3.8, 4) is 0 Å². The van der Waals surface area contributed by atoms with Gasteiger partial charge in [0.1, 0.15) is 6.33 Å². The summed E-state index contributed by atoms with van der Waals surface area (Å²) in [6.07, 6.45) is 5.36. The maximum atomic E-state index is 5.56. The van der Waals surface area contributed by atoms with E-state index in [2.05, 4.69) is 36.1 Å². The van der Waals surface area contributed by atoms with Crippen molar-refractivity contribution in [3.63, 3.8) is 0 Å². The van der Waals surface area contributed by atoms with Crippen LogP contribution in [0.2, 0.25) is 0 Å². The number of hydrogen-bond acceptors (Lipinski definition) is 4. The first-order valence-corrected chi connectivity index (χ1v) is 5.71. The Morgan fingerprint density at radius 1 is 1.31 bits per heavy atom. The molecular weight excluding hydrogens is 202 g/mol. The van der Waals surface area contributed by atoms with Gasteiger partial charge in [-0.1, -0.05) is 20.8 Å². The molecule has 1 heterocycles. The molecule has 0 saturated carbocycles. The van der Waals surface area contributed by atoms with Crippen LogP contribution in [0.5, 0.6) is 0 Å². The molecule has 1 aromatic rings. The van der Waals surface area contributed by atoms with Crippen molar-refractivity contribution >= 4 is 0 Å². The zero-order valence-electron chi connectivity index (χ0n) is 10.5. The lowest BCUT2D eigenvalue weighted by Crippen LogP contribution is -2.36. The first kappa shape index (κ1) is 13.1. The molecule has 90 valence electrons. The van der Waals surface area contributed by atoms with Crippen LogP contribution in [-0.4, -0.2) is 29.7 Å². The Balaban J connectivity index is 2.89. The molecule has 0 saturated heterocycles. The second kappa shape index (κ2) is 6.55. The van der Waals surface area contributed by atoms with E-state index in [9.17, 15) is 0 Å². The van der Waals surface area contributed by atoms with Crippen LogP contribution in [0.3, 0.4) is 0 Å². The van der Waals surface area contributed by atoms with Crippen LogP contribution in [0.1, 0.15) is 32.4 Å². The monoisotopic (exact) mass is 223 g/mol.